The van der Waals surface area contributed by atoms with Crippen LogP contribution in [0.15, 0.2) is 233 Å². The number of aromatic nitrogens is 1. The molecule has 0 bridgehead atoms. The van der Waals surface area contributed by atoms with E-state index < -0.39 is 47.2 Å². The van der Waals surface area contributed by atoms with Gasteiger partial charge in [0.1, 0.15) is 43.6 Å². The zero-order valence-electron chi connectivity index (χ0n) is 75.9. The van der Waals surface area contributed by atoms with Crippen LogP contribution in [0.4, 0.5) is 88.0 Å². The Morgan fingerprint density at radius 3 is 1.32 bits per heavy atom. The van der Waals surface area contributed by atoms with Crippen LogP contribution in [0.25, 0.3) is 85.6 Å². The second-order valence-corrected chi connectivity index (χ2v) is 38.9. The Labute approximate surface area is 815 Å². The quantitative estimate of drug-likeness (QED) is 0.0561. The van der Waals surface area contributed by atoms with Crippen LogP contribution in [-0.4, -0.2) is 140 Å². The van der Waals surface area contributed by atoms with Crippen molar-refractivity contribution in [1.82, 2.24) is 5.16 Å². The van der Waals surface area contributed by atoms with Crippen molar-refractivity contribution in [3.63, 3.8) is 0 Å². The van der Waals surface area contributed by atoms with E-state index in [1.165, 1.54) is 94.7 Å². The fourth-order valence-corrected chi connectivity index (χ4v) is 20.7. The van der Waals surface area contributed by atoms with Crippen LogP contribution in [-0.2, 0) is 32.2 Å². The molecular formula is C102H90F6N10O17S5. The Balaban J connectivity index is 0.000000125. The van der Waals surface area contributed by atoms with Crippen molar-refractivity contribution < 1.29 is 86.6 Å². The highest BCUT2D eigenvalue weighted by molar-refractivity contribution is 7.99. The Hall–Kier alpha value is -14.0. The molecule has 5 N–H and O–H groups in total. The molecule has 9 aromatic heterocycles. The number of benzene rings is 7. The summed E-state index contributed by atoms with van der Waals surface area (Å²) in [5, 5.41) is 24.8. The number of hydrogen-bond donors (Lipinski definition) is 5. The summed E-state index contributed by atoms with van der Waals surface area (Å²) in [5.74, 6) is 3.26. The van der Waals surface area contributed by atoms with Gasteiger partial charge in [-0.3, -0.25) is 29.3 Å². The second-order valence-electron chi connectivity index (χ2n) is 34.1. The first-order valence-electron chi connectivity index (χ1n) is 44.6. The maximum Gasteiger partial charge on any atom is 0.416 e. The van der Waals surface area contributed by atoms with E-state index in [0.29, 0.717) is 202 Å². The van der Waals surface area contributed by atoms with Crippen molar-refractivity contribution in [2.45, 2.75) is 52.6 Å². The van der Waals surface area contributed by atoms with Crippen molar-refractivity contribution in [3.05, 3.63) is 289 Å². The lowest BCUT2D eigenvalue weighted by Gasteiger charge is -2.27. The number of thioether (sulfide) groups is 1. The molecule has 0 saturated carbocycles. The summed E-state index contributed by atoms with van der Waals surface area (Å²) < 4.78 is 143. The van der Waals surface area contributed by atoms with Crippen molar-refractivity contribution in [2.75, 3.05) is 163 Å². The number of aryl methyl sites for hydroxylation is 2. The summed E-state index contributed by atoms with van der Waals surface area (Å²) in [7, 11) is 0. The van der Waals surface area contributed by atoms with Crippen molar-refractivity contribution in [1.29, 1.82) is 0 Å². The van der Waals surface area contributed by atoms with Crippen LogP contribution in [0, 0.1) is 31.3 Å². The fraction of sp³-hybridized carbons (Fsp3) is 0.255. The van der Waals surface area contributed by atoms with Crippen molar-refractivity contribution in [3.8, 4) is 56.0 Å². The molecule has 0 atom stereocenters. The number of nitrogens with one attached hydrogen (secondary N) is 5. The lowest BCUT2D eigenvalue weighted by atomic mass is 9.93. The summed E-state index contributed by atoms with van der Waals surface area (Å²) in [5.41, 5.74) is 9.27. The van der Waals surface area contributed by atoms with Gasteiger partial charge < -0.3 is 86.7 Å². The number of thiophene rings is 4. The lowest BCUT2D eigenvalue weighted by molar-refractivity contribution is -0.138. The van der Waals surface area contributed by atoms with E-state index >= 15 is 0 Å². The molecule has 722 valence electrons. The Morgan fingerprint density at radius 2 is 0.857 bits per heavy atom. The van der Waals surface area contributed by atoms with E-state index in [9.17, 15) is 59.9 Å². The van der Waals surface area contributed by atoms with Crippen LogP contribution in [0.3, 0.4) is 0 Å². The van der Waals surface area contributed by atoms with Crippen molar-refractivity contribution in [2.24, 2.45) is 0 Å². The number of urea groups is 2. The molecule has 21 rings (SSSR count). The highest BCUT2D eigenvalue weighted by atomic mass is 32.2. The highest BCUT2D eigenvalue weighted by Crippen LogP contribution is 2.44. The molecule has 0 radical (unpaired) electrons. The van der Waals surface area contributed by atoms with E-state index in [1.807, 2.05) is 111 Å². The van der Waals surface area contributed by atoms with Gasteiger partial charge in [0.05, 0.1) is 45.2 Å². The van der Waals surface area contributed by atoms with Crippen molar-refractivity contribution >= 4 is 168 Å². The van der Waals surface area contributed by atoms with Crippen LogP contribution in [0.1, 0.15) is 64.7 Å². The average Bonchev–Trinajstić information content (AvgIpc) is 1.64. The third kappa shape index (κ3) is 22.0. The lowest BCUT2D eigenvalue weighted by Crippen LogP contribution is -2.36. The number of ether oxygens (including phenoxy) is 5. The minimum Gasteiger partial charge on any atom is -0.486 e. The summed E-state index contributed by atoms with van der Waals surface area (Å²) in [6, 6.07) is 43.9. The molecule has 16 aromatic rings. The van der Waals surface area contributed by atoms with E-state index in [4.69, 9.17) is 45.9 Å². The predicted molar refractivity (Wildman–Crippen MR) is 538 cm³/mol. The van der Waals surface area contributed by atoms with E-state index in [0.717, 1.165) is 81.6 Å². The number of nitrogens with zero attached hydrogens (tertiary/aromatic N) is 5. The number of fused-ring (bicyclic) bond motifs is 5. The molecule has 4 saturated heterocycles. The maximum absolute atomic E-state index is 14.9. The number of morpholine rings is 3. The summed E-state index contributed by atoms with van der Waals surface area (Å²) >= 11 is 7.28. The number of hydrogen-bond acceptors (Lipinski definition) is 27. The largest absolute Gasteiger partial charge is 0.486 e. The number of alkyl halides is 3. The first kappa shape index (κ1) is 96.3. The molecule has 38 heteroatoms. The molecular weight excluding hydrogens is 1910 g/mol. The van der Waals surface area contributed by atoms with Crippen LogP contribution < -0.4 is 77.4 Å². The number of halogens is 6. The summed E-state index contributed by atoms with van der Waals surface area (Å²) in [4.78, 5) is 97.2. The van der Waals surface area contributed by atoms with Crippen LogP contribution >= 0.6 is 57.1 Å². The number of carbonyl (C=O) groups excluding carboxylic acids is 3. The molecule has 140 heavy (non-hydrogen) atoms. The smallest absolute Gasteiger partial charge is 0.416 e. The highest BCUT2D eigenvalue weighted by Gasteiger charge is 2.34. The Morgan fingerprint density at radius 1 is 0.421 bits per heavy atom. The first-order valence-corrected chi connectivity index (χ1v) is 49.3. The molecule has 7 aromatic carbocycles. The fourth-order valence-electron chi connectivity index (χ4n) is 16.2. The monoisotopic (exact) mass is 2000 g/mol. The van der Waals surface area contributed by atoms with Gasteiger partial charge in [0.25, 0.3) is 5.91 Å². The molecule has 4 fully saturated rings. The average molecular weight is 2000 g/mol. The molecule has 5 aliphatic heterocycles. The van der Waals surface area contributed by atoms with Crippen LogP contribution in [0.2, 0.25) is 0 Å². The minimum absolute atomic E-state index is 0.0211. The van der Waals surface area contributed by atoms with Gasteiger partial charge in [-0.05, 0) is 132 Å². The SMILES string of the molecule is CC(C)(C)c1cc(NC(=O)Nc2cccc(-c3csc4c(=O)cc(N5CCOCC5)oc34)c2)no1.Cc1ccc(Cc2c(C(=O)Nc3ccc(-c4csc5c(=O)cc(N6CCOCC6)oc45)cc3)ccc(F)c2F)c(F)c1.Cc1ccc(NC(=O)Nc2cccc(-c3csc4c(=O)cc(N5CCOCC5)oc34)c2)cc1C(F)(F)F.O=c1cc(N2CCSCC2)oc2c(-c3ccc4c(c3)OCCO4)csc12. The molecule has 0 spiro atoms. The molecule has 27 nitrogen and oxygen atoms in total. The molecule has 0 aliphatic carbocycles. The Kier molecular flexibility index (Phi) is 28.9. The molecule has 0 unspecified atom stereocenters. The van der Waals surface area contributed by atoms with Gasteiger partial charge >= 0.3 is 18.2 Å². The number of rotatable bonds is 16. The summed E-state index contributed by atoms with van der Waals surface area (Å²) in [6.45, 7) is 19.3. The van der Waals surface area contributed by atoms with E-state index in [2.05, 4.69) is 36.6 Å². The van der Waals surface area contributed by atoms with Gasteiger partial charge in [0.2, 0.25) is 21.7 Å². The normalized spacial score (nSPS) is 14.5. The predicted octanol–water partition coefficient (Wildman–Crippen LogP) is 22.4. The van der Waals surface area contributed by atoms with Gasteiger partial charge in [0.15, 0.2) is 74.8 Å². The van der Waals surface area contributed by atoms with Gasteiger partial charge in [-0.25, -0.2) is 22.8 Å². The second kappa shape index (κ2) is 42.0. The summed E-state index contributed by atoms with van der Waals surface area (Å²) in [6.07, 6.45) is -4.81. The van der Waals surface area contributed by atoms with Gasteiger partial charge in [-0.15, -0.1) is 45.3 Å². The molecule has 5 aliphatic rings. The van der Waals surface area contributed by atoms with Crippen LogP contribution in [0.5, 0.6) is 11.5 Å². The van der Waals surface area contributed by atoms with E-state index in [1.54, 1.807) is 79.7 Å². The zero-order chi connectivity index (χ0) is 97.6. The minimum atomic E-state index is -4.52. The van der Waals surface area contributed by atoms with E-state index in [-0.39, 0.29) is 61.5 Å². The number of anilines is 9. The maximum atomic E-state index is 14.9. The Bertz CT molecular complexity index is 7590. The third-order valence-electron chi connectivity index (χ3n) is 23.5. The molecule has 5 amide bonds. The van der Waals surface area contributed by atoms with Gasteiger partial charge in [-0.2, -0.15) is 24.9 Å². The first-order chi connectivity index (χ1) is 67.5. The number of carbonyl (C=O) groups is 3. The molecule has 14 heterocycles. The zero-order valence-corrected chi connectivity index (χ0v) is 80.0. The number of amides is 5. The van der Waals surface area contributed by atoms with Gasteiger partial charge in [-0.1, -0.05) is 86.6 Å². The topological polar surface area (TPSA) is 317 Å². The standard InChI is InChI=1S/C32H25F3N2O4S.C26H22F3N3O4S.C25H26N4O5S.C19H17NO4S2/c1-18-2-3-20(26(34)14-18)15-23-22(8-9-25(33)29(23)35)32(39)36-21-6-4-19(5-7-21)24-17-42-31-27(38)16-28(41-30(24)31)37-10-12-40-13-11-37;1-15-5-6-18(12-20(15)26(27,28)29)31-25(34)30-17-4-2-3-16(11-17)19-14-37-24-21(33)13-22(36-23(19)24)32-7-9-35-10-8-32;1-25(2,3)19-13-20(28-34-19)27-24(31)26-16-6-4-5-15(11-16)17-14-35-23-18(30)12-21(33-22(17)23)29-7-9-32-10-8-29;21-14-10-17(20-3-7-25-8-4-20)24-18-13(11-26-19(14)18)12-1-2-15-16(9-12)23-6-5-22-15/h2-9,14,16-17H,10-13,15H2,1H3,(H,36,39);2-6,11-14H,7-10H2,1H3,(H2,30,31,34);4-6,11-14H,7-10H2,1-3H3,(H2,26,27,28,31);1-2,9-11H,3-8H2. The third-order valence-corrected chi connectivity index (χ3v) is 28.3. The van der Waals surface area contributed by atoms with Gasteiger partial charge in [0, 0.05) is 184 Å².